The number of carboxylic acids is 1. The van der Waals surface area contributed by atoms with Crippen molar-refractivity contribution >= 4 is 28.5 Å². The summed E-state index contributed by atoms with van der Waals surface area (Å²) in [6.07, 6.45) is 4.59. The highest BCUT2D eigenvalue weighted by Crippen LogP contribution is 2.37. The quantitative estimate of drug-likeness (QED) is 0.712. The van der Waals surface area contributed by atoms with Gasteiger partial charge in [-0.2, -0.15) is 0 Å². The Kier molecular flexibility index (Phi) is 4.01. The normalized spacial score (nSPS) is 16.8. The summed E-state index contributed by atoms with van der Waals surface area (Å²) in [5.41, 5.74) is 4.80. The van der Waals surface area contributed by atoms with E-state index >= 15 is 0 Å². The van der Waals surface area contributed by atoms with Crippen molar-refractivity contribution in [1.82, 2.24) is 4.98 Å². The summed E-state index contributed by atoms with van der Waals surface area (Å²) in [5, 5.41) is 10.6. The Balaban J connectivity index is 1.67. The van der Waals surface area contributed by atoms with Gasteiger partial charge in [0.25, 0.3) is 0 Å². The van der Waals surface area contributed by atoms with Crippen LogP contribution in [0.1, 0.15) is 40.0 Å². The second-order valence-electron chi connectivity index (χ2n) is 7.06. The van der Waals surface area contributed by atoms with Crippen molar-refractivity contribution in [1.29, 1.82) is 0 Å². The number of rotatable bonds is 2. The third-order valence-corrected chi connectivity index (χ3v) is 5.29. The number of carbonyl (C=O) groups is 1. The maximum absolute atomic E-state index is 12.0. The van der Waals surface area contributed by atoms with Crippen LogP contribution in [0.15, 0.2) is 42.5 Å². The monoisotopic (exact) mass is 373 g/mol. The Morgan fingerprint density at radius 2 is 1.86 bits per heavy atom. The maximum atomic E-state index is 12.0. The Bertz CT molecular complexity index is 1130. The molecule has 3 aromatic rings. The minimum Gasteiger partial charge on any atom is -0.486 e. The fraction of sp³-hybridized carbons (Fsp3) is 0.217. The summed E-state index contributed by atoms with van der Waals surface area (Å²) < 4.78 is 11.3. The van der Waals surface area contributed by atoms with Gasteiger partial charge in [0, 0.05) is 5.39 Å². The molecule has 0 atom stereocenters. The molecule has 5 heteroatoms. The van der Waals surface area contributed by atoms with Gasteiger partial charge in [-0.05, 0) is 60.2 Å². The highest BCUT2D eigenvalue weighted by atomic mass is 16.6. The molecular formula is C23H19NO4. The van der Waals surface area contributed by atoms with Gasteiger partial charge in [0.05, 0.1) is 16.8 Å². The minimum absolute atomic E-state index is 0.383. The van der Waals surface area contributed by atoms with Crippen molar-refractivity contribution < 1.29 is 19.4 Å². The molecule has 0 spiro atoms. The molecule has 1 aliphatic carbocycles. The molecule has 2 heterocycles. The van der Waals surface area contributed by atoms with E-state index in [-0.39, 0.29) is 0 Å². The molecule has 0 amide bonds. The molecule has 2 aromatic carbocycles. The van der Waals surface area contributed by atoms with E-state index in [0.29, 0.717) is 29.7 Å². The van der Waals surface area contributed by atoms with Gasteiger partial charge in [-0.25, -0.2) is 9.78 Å². The van der Waals surface area contributed by atoms with E-state index in [0.717, 1.165) is 53.2 Å². The Hall–Kier alpha value is -3.34. The average molecular weight is 373 g/mol. The van der Waals surface area contributed by atoms with Crippen LogP contribution in [0.25, 0.3) is 22.6 Å². The van der Waals surface area contributed by atoms with E-state index in [1.165, 1.54) is 0 Å². The van der Waals surface area contributed by atoms with Gasteiger partial charge in [-0.1, -0.05) is 24.3 Å². The van der Waals surface area contributed by atoms with Crippen LogP contribution in [0.3, 0.4) is 0 Å². The smallest absolute Gasteiger partial charge is 0.336 e. The number of carboxylic acid groups (broad SMARTS) is 1. The van der Waals surface area contributed by atoms with Gasteiger partial charge in [0.1, 0.15) is 13.2 Å². The second kappa shape index (κ2) is 6.68. The first kappa shape index (κ1) is 16.8. The van der Waals surface area contributed by atoms with Crippen LogP contribution in [0, 0.1) is 0 Å². The number of aromatic carboxylic acids is 1. The first-order chi connectivity index (χ1) is 13.7. The highest BCUT2D eigenvalue weighted by molar-refractivity contribution is 6.05. The van der Waals surface area contributed by atoms with Crippen molar-refractivity contribution in [2.75, 3.05) is 13.2 Å². The van der Waals surface area contributed by atoms with Gasteiger partial charge in [0.15, 0.2) is 11.5 Å². The molecule has 0 bridgehead atoms. The average Bonchev–Trinajstić information content (AvgIpc) is 2.72. The lowest BCUT2D eigenvalue weighted by Crippen LogP contribution is -2.15. The molecular weight excluding hydrogens is 354 g/mol. The number of aromatic nitrogens is 1. The van der Waals surface area contributed by atoms with E-state index in [4.69, 9.17) is 14.5 Å². The number of hydrogen-bond donors (Lipinski definition) is 1. The first-order valence-corrected chi connectivity index (χ1v) is 9.46. The molecule has 28 heavy (non-hydrogen) atoms. The maximum Gasteiger partial charge on any atom is 0.336 e. The molecule has 2 aliphatic rings. The molecule has 0 fully saturated rings. The van der Waals surface area contributed by atoms with Gasteiger partial charge < -0.3 is 14.6 Å². The summed E-state index contributed by atoms with van der Waals surface area (Å²) >= 11 is 0. The molecule has 0 unspecified atom stereocenters. The van der Waals surface area contributed by atoms with Gasteiger partial charge >= 0.3 is 5.97 Å². The molecule has 5 nitrogen and oxygen atoms in total. The molecule has 1 aliphatic heterocycles. The molecule has 1 N–H and O–H groups in total. The number of hydrogen-bond acceptors (Lipinski definition) is 4. The fourth-order valence-corrected chi connectivity index (χ4v) is 4.07. The molecule has 140 valence electrons. The SMILES string of the molecule is O=C(O)c1c2c(nc3ccccc13)C(=Cc1ccc3c(c1)OCCO3)CCC2. The highest BCUT2D eigenvalue weighted by Gasteiger charge is 2.25. The van der Waals surface area contributed by atoms with Crippen molar-refractivity contribution in [2.45, 2.75) is 19.3 Å². The van der Waals surface area contributed by atoms with E-state index in [9.17, 15) is 9.90 Å². The molecule has 5 rings (SSSR count). The summed E-state index contributed by atoms with van der Waals surface area (Å²) in [5.74, 6) is 0.611. The van der Waals surface area contributed by atoms with Crippen LogP contribution < -0.4 is 9.47 Å². The van der Waals surface area contributed by atoms with Crippen LogP contribution in [-0.2, 0) is 6.42 Å². The molecule has 0 radical (unpaired) electrons. The number of fused-ring (bicyclic) bond motifs is 3. The van der Waals surface area contributed by atoms with E-state index in [2.05, 4.69) is 6.08 Å². The van der Waals surface area contributed by atoms with E-state index in [1.807, 2.05) is 42.5 Å². The van der Waals surface area contributed by atoms with Crippen LogP contribution in [0.2, 0.25) is 0 Å². The Labute approximate surface area is 162 Å². The van der Waals surface area contributed by atoms with Gasteiger partial charge in [-0.15, -0.1) is 0 Å². The third-order valence-electron chi connectivity index (χ3n) is 5.29. The van der Waals surface area contributed by atoms with Crippen molar-refractivity contribution in [3.8, 4) is 11.5 Å². The minimum atomic E-state index is -0.893. The lowest BCUT2D eigenvalue weighted by molar-refractivity contribution is 0.0697. The summed E-state index contributed by atoms with van der Waals surface area (Å²) in [6.45, 7) is 1.11. The summed E-state index contributed by atoms with van der Waals surface area (Å²) in [6, 6.07) is 13.3. The van der Waals surface area contributed by atoms with Crippen LogP contribution in [-0.4, -0.2) is 29.3 Å². The zero-order chi connectivity index (χ0) is 19.1. The zero-order valence-corrected chi connectivity index (χ0v) is 15.3. The van der Waals surface area contributed by atoms with Crippen molar-refractivity contribution in [3.05, 3.63) is 64.8 Å². The first-order valence-electron chi connectivity index (χ1n) is 9.46. The Morgan fingerprint density at radius 1 is 1.04 bits per heavy atom. The summed E-state index contributed by atoms with van der Waals surface area (Å²) in [7, 11) is 0. The fourth-order valence-electron chi connectivity index (χ4n) is 4.07. The predicted octanol–water partition coefficient (Wildman–Crippen LogP) is 4.58. The zero-order valence-electron chi connectivity index (χ0n) is 15.3. The number of ether oxygens (including phenoxy) is 2. The topological polar surface area (TPSA) is 68.7 Å². The molecule has 0 saturated carbocycles. The Morgan fingerprint density at radius 3 is 2.71 bits per heavy atom. The van der Waals surface area contributed by atoms with Crippen molar-refractivity contribution in [2.24, 2.45) is 0 Å². The number of allylic oxidation sites excluding steroid dienone is 1. The van der Waals surface area contributed by atoms with Crippen LogP contribution >= 0.6 is 0 Å². The van der Waals surface area contributed by atoms with Gasteiger partial charge in [0.2, 0.25) is 0 Å². The second-order valence-corrected chi connectivity index (χ2v) is 7.06. The van der Waals surface area contributed by atoms with E-state index < -0.39 is 5.97 Å². The van der Waals surface area contributed by atoms with E-state index in [1.54, 1.807) is 0 Å². The lowest BCUT2D eigenvalue weighted by atomic mass is 9.86. The molecule has 1 aromatic heterocycles. The standard InChI is InChI=1S/C23H19NO4/c25-23(26)21-16-5-1-2-7-18(16)24-22-15(4-3-6-17(21)22)12-14-8-9-19-20(13-14)28-11-10-27-19/h1-2,5,7-9,12-13H,3-4,6,10-11H2,(H,25,26). The number of benzene rings is 2. The number of nitrogens with zero attached hydrogens (tertiary/aromatic N) is 1. The predicted molar refractivity (Wildman–Crippen MR) is 107 cm³/mol. The lowest BCUT2D eigenvalue weighted by Gasteiger charge is -2.22. The largest absolute Gasteiger partial charge is 0.486 e. The molecule has 0 saturated heterocycles. The third kappa shape index (κ3) is 2.80. The number of pyridine rings is 1. The van der Waals surface area contributed by atoms with Crippen LogP contribution in [0.5, 0.6) is 11.5 Å². The van der Waals surface area contributed by atoms with Gasteiger partial charge in [-0.3, -0.25) is 0 Å². The van der Waals surface area contributed by atoms with Crippen molar-refractivity contribution in [3.63, 3.8) is 0 Å². The summed E-state index contributed by atoms with van der Waals surface area (Å²) in [4.78, 5) is 16.9. The van der Waals surface area contributed by atoms with Crippen LogP contribution in [0.4, 0.5) is 0 Å². The number of para-hydroxylation sites is 1.